The van der Waals surface area contributed by atoms with Gasteiger partial charge in [0.2, 0.25) is 5.91 Å². The quantitative estimate of drug-likeness (QED) is 0.288. The summed E-state index contributed by atoms with van der Waals surface area (Å²) in [5.74, 6) is -1.02. The molecule has 1 aliphatic heterocycles. The first-order valence-corrected chi connectivity index (χ1v) is 14.3. The zero-order valence-corrected chi connectivity index (χ0v) is 25.0. The molecule has 3 N–H and O–H groups in total. The summed E-state index contributed by atoms with van der Waals surface area (Å²) >= 11 is 0. The maximum atomic E-state index is 12.6. The number of amides is 2. The average molecular weight is 605 g/mol. The number of likely N-dealkylation sites (tertiary alicyclic amines) is 1. The molecule has 0 bridgehead atoms. The second-order valence-corrected chi connectivity index (χ2v) is 12.1. The molecule has 2 amide bonds. The van der Waals surface area contributed by atoms with Gasteiger partial charge >= 0.3 is 12.3 Å². The molecule has 0 spiro atoms. The fourth-order valence-electron chi connectivity index (χ4n) is 4.79. The molecule has 0 aliphatic carbocycles. The van der Waals surface area contributed by atoms with Crippen LogP contribution in [0.25, 0.3) is 22.2 Å². The number of H-pyrrole nitrogens is 1. The van der Waals surface area contributed by atoms with E-state index in [2.05, 4.69) is 20.3 Å². The SMILES string of the molecule is CC(C)[C@@H](Nc1cncc(-c2c[nH]c3ncc(COC4CCN(C(=O)OC(C)(C)C)CC4)cc23)c1)C(=O)NCC(F)(F)F. The molecule has 43 heavy (non-hydrogen) atoms. The van der Waals surface area contributed by atoms with Crippen molar-refractivity contribution in [2.75, 3.05) is 25.0 Å². The highest BCUT2D eigenvalue weighted by Crippen LogP contribution is 2.30. The van der Waals surface area contributed by atoms with Gasteiger partial charge in [-0.3, -0.25) is 9.78 Å². The predicted molar refractivity (Wildman–Crippen MR) is 156 cm³/mol. The van der Waals surface area contributed by atoms with Crippen molar-refractivity contribution in [2.45, 2.75) is 78.0 Å². The molecule has 0 aromatic carbocycles. The summed E-state index contributed by atoms with van der Waals surface area (Å²) in [6, 6.07) is 2.90. The van der Waals surface area contributed by atoms with Crippen molar-refractivity contribution in [2.24, 2.45) is 5.92 Å². The largest absolute Gasteiger partial charge is 0.444 e. The lowest BCUT2D eigenvalue weighted by molar-refractivity contribution is -0.139. The van der Waals surface area contributed by atoms with Crippen LogP contribution in [0.2, 0.25) is 0 Å². The van der Waals surface area contributed by atoms with Gasteiger partial charge in [0.25, 0.3) is 0 Å². The highest BCUT2D eigenvalue weighted by molar-refractivity contribution is 5.94. The predicted octanol–water partition coefficient (Wildman–Crippen LogP) is 5.66. The van der Waals surface area contributed by atoms with Gasteiger partial charge in [-0.2, -0.15) is 13.2 Å². The molecule has 3 aromatic rings. The van der Waals surface area contributed by atoms with Crippen molar-refractivity contribution in [3.05, 3.63) is 42.5 Å². The molecular formula is C30H39F3N6O4. The minimum atomic E-state index is -4.49. The smallest absolute Gasteiger partial charge is 0.410 e. The number of hydrogen-bond acceptors (Lipinski definition) is 7. The number of ether oxygens (including phenoxy) is 2. The van der Waals surface area contributed by atoms with E-state index < -0.39 is 30.3 Å². The summed E-state index contributed by atoms with van der Waals surface area (Å²) in [4.78, 5) is 38.5. The first kappa shape index (κ1) is 32.1. The lowest BCUT2D eigenvalue weighted by atomic mass is 10.0. The number of anilines is 1. The van der Waals surface area contributed by atoms with Crippen LogP contribution < -0.4 is 10.6 Å². The molecule has 4 rings (SSSR count). The van der Waals surface area contributed by atoms with Crippen LogP contribution in [-0.4, -0.2) is 75.4 Å². The normalized spacial score (nSPS) is 15.5. The van der Waals surface area contributed by atoms with Crippen LogP contribution in [-0.2, 0) is 20.9 Å². The number of carbonyl (C=O) groups is 2. The van der Waals surface area contributed by atoms with Gasteiger partial charge in [0, 0.05) is 54.4 Å². The number of halogens is 3. The number of hydrogen-bond donors (Lipinski definition) is 3. The first-order valence-electron chi connectivity index (χ1n) is 14.3. The Hall–Kier alpha value is -3.87. The Balaban J connectivity index is 1.40. The zero-order valence-electron chi connectivity index (χ0n) is 25.0. The number of aromatic nitrogens is 3. The maximum Gasteiger partial charge on any atom is 0.410 e. The maximum absolute atomic E-state index is 12.6. The molecule has 1 aliphatic rings. The van der Waals surface area contributed by atoms with Crippen molar-refractivity contribution in [1.29, 1.82) is 0 Å². The molecule has 1 fully saturated rings. The summed E-state index contributed by atoms with van der Waals surface area (Å²) in [5, 5.41) is 5.84. The minimum Gasteiger partial charge on any atom is -0.444 e. The van der Waals surface area contributed by atoms with Gasteiger partial charge in [-0.25, -0.2) is 9.78 Å². The number of nitrogens with one attached hydrogen (secondary N) is 3. The second kappa shape index (κ2) is 13.2. The molecule has 10 nitrogen and oxygen atoms in total. The molecule has 0 radical (unpaired) electrons. The van der Waals surface area contributed by atoms with Crippen LogP contribution >= 0.6 is 0 Å². The van der Waals surface area contributed by atoms with E-state index in [0.29, 0.717) is 43.9 Å². The summed E-state index contributed by atoms with van der Waals surface area (Å²) < 4.78 is 49.5. The second-order valence-electron chi connectivity index (χ2n) is 12.1. The van der Waals surface area contributed by atoms with Crippen LogP contribution in [0.5, 0.6) is 0 Å². The van der Waals surface area contributed by atoms with E-state index in [0.717, 1.165) is 22.1 Å². The number of nitrogens with zero attached hydrogens (tertiary/aromatic N) is 3. The van der Waals surface area contributed by atoms with E-state index in [1.165, 1.54) is 6.20 Å². The first-order chi connectivity index (χ1) is 20.2. The molecule has 0 saturated carbocycles. The summed E-state index contributed by atoms with van der Waals surface area (Å²) in [5.41, 5.74) is 3.09. The van der Waals surface area contributed by atoms with Crippen LogP contribution in [0.4, 0.5) is 23.7 Å². The number of piperidine rings is 1. The van der Waals surface area contributed by atoms with Gasteiger partial charge in [0.05, 0.1) is 18.4 Å². The molecule has 1 saturated heterocycles. The van der Waals surface area contributed by atoms with Gasteiger partial charge < -0.3 is 30.0 Å². The third kappa shape index (κ3) is 9.06. The molecule has 4 heterocycles. The Bertz CT molecular complexity index is 1410. The number of alkyl halides is 3. The fraction of sp³-hybridized carbons (Fsp3) is 0.533. The highest BCUT2D eigenvalue weighted by Gasteiger charge is 2.31. The van der Waals surface area contributed by atoms with Gasteiger partial charge in [-0.15, -0.1) is 0 Å². The Morgan fingerprint density at radius 1 is 1.12 bits per heavy atom. The van der Waals surface area contributed by atoms with Crippen LogP contribution in [0.1, 0.15) is 53.0 Å². The van der Waals surface area contributed by atoms with Crippen molar-refractivity contribution >= 4 is 28.7 Å². The van der Waals surface area contributed by atoms with E-state index in [1.54, 1.807) is 37.2 Å². The van der Waals surface area contributed by atoms with Crippen molar-refractivity contribution in [3.8, 4) is 11.1 Å². The van der Waals surface area contributed by atoms with Crippen LogP contribution in [0.15, 0.2) is 36.9 Å². The van der Waals surface area contributed by atoms with E-state index in [9.17, 15) is 22.8 Å². The van der Waals surface area contributed by atoms with Gasteiger partial charge in [0.15, 0.2) is 0 Å². The summed E-state index contributed by atoms with van der Waals surface area (Å²) in [7, 11) is 0. The summed E-state index contributed by atoms with van der Waals surface area (Å²) in [6.45, 7) is 9.14. The monoisotopic (exact) mass is 604 g/mol. The Kier molecular flexibility index (Phi) is 9.83. The number of aromatic amines is 1. The third-order valence-corrected chi connectivity index (χ3v) is 6.95. The lowest BCUT2D eigenvalue weighted by Gasteiger charge is -2.33. The highest BCUT2D eigenvalue weighted by atomic mass is 19.4. The molecule has 234 valence electrons. The number of pyridine rings is 2. The standard InChI is InChI=1S/C30H39F3N6O4/c1-18(2)25(27(40)37-17-30(31,32)33)38-21-11-20(13-34-14-21)24-15-36-26-23(24)10-19(12-35-26)16-42-22-6-8-39(9-7-22)28(41)43-29(3,4)5/h10-15,18,22,25,38H,6-9,16-17H2,1-5H3,(H,35,36)(H,37,40)/t25-/m1/s1. The summed E-state index contributed by atoms with van der Waals surface area (Å²) in [6.07, 6.45) is 3.38. The van der Waals surface area contributed by atoms with E-state index in [-0.39, 0.29) is 18.1 Å². The van der Waals surface area contributed by atoms with Gasteiger partial charge in [-0.1, -0.05) is 13.8 Å². The van der Waals surface area contributed by atoms with Crippen LogP contribution in [0.3, 0.4) is 0 Å². The molecule has 0 unspecified atom stereocenters. The molecule has 1 atom stereocenters. The number of carbonyl (C=O) groups excluding carboxylic acids is 2. The molecule has 13 heteroatoms. The Morgan fingerprint density at radius 2 is 1.84 bits per heavy atom. The number of fused-ring (bicyclic) bond motifs is 1. The van der Waals surface area contributed by atoms with E-state index in [4.69, 9.17) is 9.47 Å². The van der Waals surface area contributed by atoms with Crippen molar-refractivity contribution in [3.63, 3.8) is 0 Å². The topological polar surface area (TPSA) is 121 Å². The van der Waals surface area contributed by atoms with Crippen LogP contribution in [0, 0.1) is 5.92 Å². The van der Waals surface area contributed by atoms with Gasteiger partial charge in [0.1, 0.15) is 23.8 Å². The molecular weight excluding hydrogens is 565 g/mol. The Labute approximate surface area is 248 Å². The molecule has 3 aromatic heterocycles. The number of rotatable bonds is 9. The van der Waals surface area contributed by atoms with Gasteiger partial charge in [-0.05, 0) is 57.2 Å². The van der Waals surface area contributed by atoms with Crippen molar-refractivity contribution in [1.82, 2.24) is 25.2 Å². The van der Waals surface area contributed by atoms with E-state index in [1.807, 2.05) is 38.4 Å². The van der Waals surface area contributed by atoms with Crippen molar-refractivity contribution < 1.29 is 32.2 Å². The van der Waals surface area contributed by atoms with E-state index >= 15 is 0 Å². The fourth-order valence-corrected chi connectivity index (χ4v) is 4.79. The zero-order chi connectivity index (χ0) is 31.4. The third-order valence-electron chi connectivity index (χ3n) is 6.95. The lowest BCUT2D eigenvalue weighted by Crippen LogP contribution is -2.46. The average Bonchev–Trinajstić information content (AvgIpc) is 3.36. The minimum absolute atomic E-state index is 0.00858. The Morgan fingerprint density at radius 3 is 2.49 bits per heavy atom.